The van der Waals surface area contributed by atoms with Crippen molar-refractivity contribution < 1.29 is 19.1 Å². The number of rotatable bonds is 3. The summed E-state index contributed by atoms with van der Waals surface area (Å²) >= 11 is 0. The molecule has 31 heavy (non-hydrogen) atoms. The van der Waals surface area contributed by atoms with E-state index in [1.165, 1.54) is 0 Å². The number of aliphatic hydroxyl groups is 1. The number of likely N-dealkylation sites (tertiary alicyclic amines) is 1. The first-order valence-corrected chi connectivity index (χ1v) is 11.7. The molecule has 1 aliphatic heterocycles. The molecule has 3 atom stereocenters. The van der Waals surface area contributed by atoms with E-state index in [9.17, 15) is 14.7 Å². The van der Waals surface area contributed by atoms with Crippen LogP contribution >= 0.6 is 0 Å². The fourth-order valence-corrected chi connectivity index (χ4v) is 5.78. The van der Waals surface area contributed by atoms with Crippen LogP contribution in [0.4, 0.5) is 0 Å². The molecule has 0 spiro atoms. The highest BCUT2D eigenvalue weighted by Gasteiger charge is 2.44. The van der Waals surface area contributed by atoms with Crippen LogP contribution in [0, 0.1) is 5.92 Å². The Bertz CT molecular complexity index is 1060. The number of ether oxygens (including phenoxy) is 1. The zero-order valence-corrected chi connectivity index (χ0v) is 18.2. The average molecular weight is 426 g/mol. The molecule has 2 heterocycles. The van der Waals surface area contributed by atoms with E-state index in [2.05, 4.69) is 0 Å². The van der Waals surface area contributed by atoms with E-state index in [4.69, 9.17) is 9.15 Å². The molecule has 1 amide bonds. The van der Waals surface area contributed by atoms with Crippen LogP contribution in [-0.4, -0.2) is 40.7 Å². The quantitative estimate of drug-likeness (QED) is 0.760. The van der Waals surface area contributed by atoms with Crippen LogP contribution in [-0.2, 0) is 17.6 Å². The highest BCUT2D eigenvalue weighted by atomic mass is 16.5. The number of fused-ring (bicyclic) bond motifs is 4. The fraction of sp³-hybridized carbons (Fsp3) is 0.600. The molecule has 0 bridgehead atoms. The molecule has 0 radical (unpaired) electrons. The molecule has 1 N–H and O–H groups in total. The highest BCUT2D eigenvalue weighted by molar-refractivity contribution is 5.84. The maximum Gasteiger partial charge on any atom is 0.339 e. The van der Waals surface area contributed by atoms with Gasteiger partial charge in [0.15, 0.2) is 6.10 Å². The Hall–Kier alpha value is -2.34. The number of aryl methyl sites for hydroxylation is 1. The molecule has 2 aromatic rings. The van der Waals surface area contributed by atoms with Crippen molar-refractivity contribution in [3.8, 4) is 5.75 Å². The summed E-state index contributed by atoms with van der Waals surface area (Å²) in [5.41, 5.74) is 1.57. The van der Waals surface area contributed by atoms with Gasteiger partial charge in [-0.25, -0.2) is 4.79 Å². The van der Waals surface area contributed by atoms with Crippen molar-refractivity contribution in [3.05, 3.63) is 39.7 Å². The molecule has 3 aliphatic rings. The van der Waals surface area contributed by atoms with E-state index in [0.717, 1.165) is 67.9 Å². The van der Waals surface area contributed by atoms with Crippen LogP contribution in [0.25, 0.3) is 11.0 Å². The first-order valence-electron chi connectivity index (χ1n) is 11.7. The van der Waals surface area contributed by atoms with Gasteiger partial charge in [-0.15, -0.1) is 0 Å². The minimum absolute atomic E-state index is 0.0559. The normalized spacial score (nSPS) is 26.8. The van der Waals surface area contributed by atoms with Gasteiger partial charge in [-0.1, -0.05) is 12.8 Å². The van der Waals surface area contributed by atoms with Crippen molar-refractivity contribution in [2.45, 2.75) is 76.4 Å². The lowest BCUT2D eigenvalue weighted by molar-refractivity contribution is -0.149. The topological polar surface area (TPSA) is 80.0 Å². The van der Waals surface area contributed by atoms with Gasteiger partial charge in [0, 0.05) is 36.0 Å². The maximum absolute atomic E-state index is 13.0. The predicted molar refractivity (Wildman–Crippen MR) is 117 cm³/mol. The van der Waals surface area contributed by atoms with Crippen molar-refractivity contribution in [2.24, 2.45) is 5.92 Å². The molecule has 1 saturated carbocycles. The van der Waals surface area contributed by atoms with Crippen molar-refractivity contribution in [1.82, 2.24) is 4.90 Å². The van der Waals surface area contributed by atoms with Gasteiger partial charge in [0.1, 0.15) is 11.3 Å². The minimum Gasteiger partial charge on any atom is -0.481 e. The first kappa shape index (κ1) is 20.6. The number of carbonyl (C=O) groups is 1. The summed E-state index contributed by atoms with van der Waals surface area (Å²) in [6, 6.07) is 5.53. The second-order valence-corrected chi connectivity index (χ2v) is 9.55. The third-order valence-electron chi connectivity index (χ3n) is 7.59. The average Bonchev–Trinajstić information content (AvgIpc) is 2.78. The summed E-state index contributed by atoms with van der Waals surface area (Å²) in [6.07, 6.45) is 7.80. The monoisotopic (exact) mass is 425 g/mol. The summed E-state index contributed by atoms with van der Waals surface area (Å²) in [5.74, 6) is 0.630. The van der Waals surface area contributed by atoms with E-state index in [1.54, 1.807) is 13.0 Å². The van der Waals surface area contributed by atoms with Gasteiger partial charge >= 0.3 is 5.63 Å². The van der Waals surface area contributed by atoms with Gasteiger partial charge in [-0.2, -0.15) is 0 Å². The van der Waals surface area contributed by atoms with Gasteiger partial charge in [0.25, 0.3) is 5.91 Å². The SMILES string of the molecule is C[C@H](Oc1ccc2c3c(c(=O)oc2c1)CCCC3)C(=O)N1CC[C@@]2(O)CCCC[C@@H]2C1. The van der Waals surface area contributed by atoms with Crippen molar-refractivity contribution in [2.75, 3.05) is 13.1 Å². The third kappa shape index (κ3) is 3.75. The zero-order valence-electron chi connectivity index (χ0n) is 18.2. The van der Waals surface area contributed by atoms with E-state index < -0.39 is 11.7 Å². The van der Waals surface area contributed by atoms with Crippen LogP contribution in [0.5, 0.6) is 5.75 Å². The molecular weight excluding hydrogens is 394 g/mol. The molecule has 1 saturated heterocycles. The number of hydrogen-bond donors (Lipinski definition) is 1. The fourth-order valence-electron chi connectivity index (χ4n) is 5.78. The molecule has 2 aliphatic carbocycles. The summed E-state index contributed by atoms with van der Waals surface area (Å²) < 4.78 is 11.5. The van der Waals surface area contributed by atoms with Gasteiger partial charge in [0.05, 0.1) is 5.60 Å². The Morgan fingerprint density at radius 2 is 2.00 bits per heavy atom. The Morgan fingerprint density at radius 3 is 2.84 bits per heavy atom. The zero-order chi connectivity index (χ0) is 21.6. The number of hydrogen-bond acceptors (Lipinski definition) is 5. The molecule has 2 fully saturated rings. The Labute approximate surface area is 182 Å². The highest BCUT2D eigenvalue weighted by Crippen LogP contribution is 2.40. The van der Waals surface area contributed by atoms with Crippen LogP contribution in [0.3, 0.4) is 0 Å². The van der Waals surface area contributed by atoms with E-state index in [-0.39, 0.29) is 17.5 Å². The van der Waals surface area contributed by atoms with Crippen LogP contribution < -0.4 is 10.4 Å². The van der Waals surface area contributed by atoms with Crippen LogP contribution in [0.15, 0.2) is 27.4 Å². The summed E-state index contributed by atoms with van der Waals surface area (Å²) in [5, 5.41) is 11.8. The second kappa shape index (κ2) is 7.97. The lowest BCUT2D eigenvalue weighted by Crippen LogP contribution is -2.56. The van der Waals surface area contributed by atoms with E-state index >= 15 is 0 Å². The van der Waals surface area contributed by atoms with Crippen LogP contribution in [0.1, 0.15) is 63.0 Å². The number of benzene rings is 1. The molecular formula is C25H31NO5. The van der Waals surface area contributed by atoms with Crippen molar-refractivity contribution in [3.63, 3.8) is 0 Å². The lowest BCUT2D eigenvalue weighted by Gasteiger charge is -2.47. The lowest BCUT2D eigenvalue weighted by atomic mass is 9.71. The molecule has 6 heteroatoms. The second-order valence-electron chi connectivity index (χ2n) is 9.55. The number of carbonyl (C=O) groups excluding carboxylic acids is 1. The smallest absolute Gasteiger partial charge is 0.339 e. The summed E-state index contributed by atoms with van der Waals surface area (Å²) in [7, 11) is 0. The van der Waals surface area contributed by atoms with Crippen LogP contribution in [0.2, 0.25) is 0 Å². The van der Waals surface area contributed by atoms with Gasteiger partial charge < -0.3 is 19.2 Å². The largest absolute Gasteiger partial charge is 0.481 e. The molecule has 6 nitrogen and oxygen atoms in total. The molecule has 5 rings (SSSR count). The summed E-state index contributed by atoms with van der Waals surface area (Å²) in [4.78, 5) is 27.3. The minimum atomic E-state index is -0.642. The van der Waals surface area contributed by atoms with Crippen molar-refractivity contribution >= 4 is 16.9 Å². The standard InChI is InChI=1S/C25H31NO5/c1-16(23(27)26-13-12-25(29)11-5-4-6-17(25)15-26)30-18-9-10-20-19-7-2-3-8-21(19)24(28)31-22(20)14-18/h9-10,14,16-17,29H,2-8,11-13,15H2,1H3/t16-,17+,25-/m0/s1. The maximum atomic E-state index is 13.0. The Balaban J connectivity index is 1.31. The van der Waals surface area contributed by atoms with Gasteiger partial charge in [-0.05, 0) is 69.6 Å². The Morgan fingerprint density at radius 1 is 1.19 bits per heavy atom. The molecule has 1 aromatic carbocycles. The predicted octanol–water partition coefficient (Wildman–Crippen LogP) is 3.59. The third-order valence-corrected chi connectivity index (χ3v) is 7.59. The first-order chi connectivity index (χ1) is 14.9. The number of piperidine rings is 1. The molecule has 0 unspecified atom stereocenters. The summed E-state index contributed by atoms with van der Waals surface area (Å²) in [6.45, 7) is 2.93. The Kier molecular flexibility index (Phi) is 5.29. The van der Waals surface area contributed by atoms with Gasteiger partial charge in [0.2, 0.25) is 0 Å². The molecule has 166 valence electrons. The molecule has 1 aromatic heterocycles. The van der Waals surface area contributed by atoms with E-state index in [1.807, 2.05) is 17.0 Å². The van der Waals surface area contributed by atoms with Gasteiger partial charge in [-0.3, -0.25) is 4.79 Å². The number of nitrogens with zero attached hydrogens (tertiary/aromatic N) is 1. The number of amides is 1. The van der Waals surface area contributed by atoms with E-state index in [0.29, 0.717) is 30.8 Å². The van der Waals surface area contributed by atoms with Crippen molar-refractivity contribution in [1.29, 1.82) is 0 Å².